The van der Waals surface area contributed by atoms with Crippen LogP contribution in [0.25, 0.3) is 33.2 Å². The largest absolute Gasteiger partial charge is 0.473 e. The fourth-order valence-corrected chi connectivity index (χ4v) is 3.81. The zero-order chi connectivity index (χ0) is 23.5. The number of fused-ring (bicyclic) bond motifs is 1. The summed E-state index contributed by atoms with van der Waals surface area (Å²) in [5, 5.41) is 1.04. The molecule has 0 aliphatic carbocycles. The van der Waals surface area contributed by atoms with E-state index in [-0.39, 0.29) is 0 Å². The molecule has 3 nitrogen and oxygen atoms in total. The first-order valence-electron chi connectivity index (χ1n) is 10.7. The van der Waals surface area contributed by atoms with Crippen LogP contribution in [0.1, 0.15) is 11.1 Å². The lowest BCUT2D eigenvalue weighted by molar-refractivity contribution is -0.137. The molecule has 2 heterocycles. The van der Waals surface area contributed by atoms with Crippen LogP contribution in [0.4, 0.5) is 13.2 Å². The van der Waals surface area contributed by atoms with Gasteiger partial charge in [0.1, 0.15) is 6.61 Å². The summed E-state index contributed by atoms with van der Waals surface area (Å²) in [6.45, 7) is 0.329. The molecule has 0 saturated heterocycles. The molecule has 0 unspecified atom stereocenters. The fraction of sp³-hybridized carbons (Fsp3) is 0.0714. The van der Waals surface area contributed by atoms with E-state index in [1.807, 2.05) is 60.7 Å². The van der Waals surface area contributed by atoms with Crippen LogP contribution < -0.4 is 4.74 Å². The van der Waals surface area contributed by atoms with Crippen molar-refractivity contribution in [2.45, 2.75) is 12.8 Å². The second-order valence-corrected chi connectivity index (χ2v) is 7.82. The minimum atomic E-state index is -4.42. The number of rotatable bonds is 5. The maximum atomic E-state index is 13.4. The van der Waals surface area contributed by atoms with Gasteiger partial charge in [-0.05, 0) is 64.2 Å². The lowest BCUT2D eigenvalue weighted by Crippen LogP contribution is -2.05. The molecule has 0 aliphatic heterocycles. The molecule has 0 fully saturated rings. The van der Waals surface area contributed by atoms with Crippen molar-refractivity contribution in [3.63, 3.8) is 0 Å². The van der Waals surface area contributed by atoms with Gasteiger partial charge in [0.15, 0.2) is 0 Å². The van der Waals surface area contributed by atoms with Crippen LogP contribution in [0.5, 0.6) is 5.88 Å². The molecule has 0 bridgehead atoms. The highest BCUT2D eigenvalue weighted by atomic mass is 19.4. The average Bonchev–Trinajstić information content (AvgIpc) is 2.87. The van der Waals surface area contributed by atoms with Crippen LogP contribution in [0, 0.1) is 0 Å². The van der Waals surface area contributed by atoms with Gasteiger partial charge in [-0.2, -0.15) is 13.2 Å². The Kier molecular flexibility index (Phi) is 5.72. The normalized spacial score (nSPS) is 11.5. The number of alkyl halides is 3. The van der Waals surface area contributed by atoms with Crippen molar-refractivity contribution in [2.75, 3.05) is 0 Å². The van der Waals surface area contributed by atoms with Crippen molar-refractivity contribution in [3.05, 3.63) is 115 Å². The lowest BCUT2D eigenvalue weighted by Gasteiger charge is -2.15. The molecule has 3 aromatic carbocycles. The maximum absolute atomic E-state index is 13.4. The summed E-state index contributed by atoms with van der Waals surface area (Å²) in [5.41, 5.74) is 3.80. The van der Waals surface area contributed by atoms with Crippen molar-refractivity contribution in [2.24, 2.45) is 0 Å². The summed E-state index contributed by atoms with van der Waals surface area (Å²) in [4.78, 5) is 8.49. The summed E-state index contributed by atoms with van der Waals surface area (Å²) in [6.07, 6.45) is -1.28. The van der Waals surface area contributed by atoms with E-state index in [1.54, 1.807) is 24.5 Å². The molecule has 0 saturated carbocycles. The zero-order valence-electron chi connectivity index (χ0n) is 18.0. The van der Waals surface area contributed by atoms with E-state index in [2.05, 4.69) is 9.97 Å². The van der Waals surface area contributed by atoms with Crippen molar-refractivity contribution in [1.82, 2.24) is 9.97 Å². The molecule has 2 aromatic heterocycles. The van der Waals surface area contributed by atoms with E-state index in [1.165, 1.54) is 12.1 Å². The van der Waals surface area contributed by atoms with Crippen molar-refractivity contribution < 1.29 is 17.9 Å². The van der Waals surface area contributed by atoms with E-state index in [4.69, 9.17) is 4.74 Å². The Morgan fingerprint density at radius 1 is 0.706 bits per heavy atom. The van der Waals surface area contributed by atoms with Crippen LogP contribution in [0.3, 0.4) is 0 Å². The number of pyridine rings is 2. The standard InChI is InChI=1S/C28H19F3N2O/c29-28(30,31)23-10-11-24(25(17-23)21-13-15-32-16-14-21)20-7-5-19(6-8-20)18-34-27-12-9-22-3-1-2-4-26(22)33-27/h1-17H,18H2. The van der Waals surface area contributed by atoms with Crippen LogP contribution in [-0.4, -0.2) is 9.97 Å². The average molecular weight is 456 g/mol. The third-order valence-electron chi connectivity index (χ3n) is 5.56. The first kappa shape index (κ1) is 21.6. The minimum Gasteiger partial charge on any atom is -0.473 e. The highest BCUT2D eigenvalue weighted by molar-refractivity contribution is 5.84. The number of aromatic nitrogens is 2. The van der Waals surface area contributed by atoms with Gasteiger partial charge in [-0.15, -0.1) is 0 Å². The van der Waals surface area contributed by atoms with E-state index in [0.717, 1.165) is 28.1 Å². The third kappa shape index (κ3) is 4.62. The molecule has 5 rings (SSSR count). The molecule has 168 valence electrons. The monoisotopic (exact) mass is 456 g/mol. The van der Waals surface area contributed by atoms with Crippen molar-refractivity contribution >= 4 is 10.9 Å². The lowest BCUT2D eigenvalue weighted by atomic mass is 9.92. The Balaban J connectivity index is 1.40. The molecule has 0 radical (unpaired) electrons. The zero-order valence-corrected chi connectivity index (χ0v) is 18.0. The van der Waals surface area contributed by atoms with E-state index >= 15 is 0 Å². The minimum absolute atomic E-state index is 0.329. The Hall–Kier alpha value is -4.19. The number of halogens is 3. The quantitative estimate of drug-likeness (QED) is 0.274. The van der Waals surface area contributed by atoms with Crippen LogP contribution in [0.15, 0.2) is 103 Å². The summed E-state index contributed by atoms with van der Waals surface area (Å²) in [7, 11) is 0. The van der Waals surface area contributed by atoms with E-state index in [0.29, 0.717) is 29.2 Å². The van der Waals surface area contributed by atoms with Gasteiger partial charge in [0.2, 0.25) is 5.88 Å². The predicted octanol–water partition coefficient (Wildman–Crippen LogP) is 7.56. The molecule has 0 N–H and O–H groups in total. The van der Waals surface area contributed by atoms with Gasteiger partial charge in [-0.25, -0.2) is 4.98 Å². The summed E-state index contributed by atoms with van der Waals surface area (Å²) in [5.74, 6) is 0.533. The molecule has 0 amide bonds. The number of para-hydroxylation sites is 1. The van der Waals surface area contributed by atoms with Gasteiger partial charge in [-0.3, -0.25) is 4.98 Å². The summed E-state index contributed by atoms with van der Waals surface area (Å²) in [6, 6.07) is 26.4. The second kappa shape index (κ2) is 8.98. The Bertz CT molecular complexity index is 1430. The van der Waals surface area contributed by atoms with E-state index in [9.17, 15) is 13.2 Å². The molecular formula is C28H19F3N2O. The van der Waals surface area contributed by atoms with Crippen LogP contribution in [-0.2, 0) is 12.8 Å². The topological polar surface area (TPSA) is 35.0 Å². The summed E-state index contributed by atoms with van der Waals surface area (Å²) >= 11 is 0. The number of hydrogen-bond donors (Lipinski definition) is 0. The van der Waals surface area contributed by atoms with Gasteiger partial charge < -0.3 is 4.74 Å². The highest BCUT2D eigenvalue weighted by Gasteiger charge is 2.31. The van der Waals surface area contributed by atoms with Gasteiger partial charge >= 0.3 is 6.18 Å². The SMILES string of the molecule is FC(F)(F)c1ccc(-c2ccc(COc3ccc4ccccc4n3)cc2)c(-c2ccncc2)c1. The van der Waals surface area contributed by atoms with Crippen molar-refractivity contribution in [3.8, 4) is 28.1 Å². The van der Waals surface area contributed by atoms with Gasteiger partial charge in [0.05, 0.1) is 11.1 Å². The third-order valence-corrected chi connectivity index (χ3v) is 5.56. The molecule has 34 heavy (non-hydrogen) atoms. The Morgan fingerprint density at radius 3 is 2.21 bits per heavy atom. The first-order chi connectivity index (χ1) is 16.5. The number of hydrogen-bond acceptors (Lipinski definition) is 3. The molecule has 0 atom stereocenters. The van der Waals surface area contributed by atoms with Crippen LogP contribution in [0.2, 0.25) is 0 Å². The fourth-order valence-electron chi connectivity index (χ4n) is 3.81. The Morgan fingerprint density at radius 2 is 1.44 bits per heavy atom. The van der Waals surface area contributed by atoms with E-state index < -0.39 is 11.7 Å². The number of ether oxygens (including phenoxy) is 1. The number of nitrogens with zero attached hydrogens (tertiary/aromatic N) is 2. The summed E-state index contributed by atoms with van der Waals surface area (Å²) < 4.78 is 45.9. The van der Waals surface area contributed by atoms with Crippen molar-refractivity contribution in [1.29, 1.82) is 0 Å². The molecule has 0 spiro atoms. The number of benzene rings is 3. The molecular weight excluding hydrogens is 437 g/mol. The van der Waals surface area contributed by atoms with Gasteiger partial charge in [0, 0.05) is 23.8 Å². The second-order valence-electron chi connectivity index (χ2n) is 7.82. The van der Waals surface area contributed by atoms with Gasteiger partial charge in [-0.1, -0.05) is 48.5 Å². The highest BCUT2D eigenvalue weighted by Crippen LogP contribution is 2.38. The van der Waals surface area contributed by atoms with Crippen LogP contribution >= 0.6 is 0 Å². The molecule has 6 heteroatoms. The smallest absolute Gasteiger partial charge is 0.416 e. The van der Waals surface area contributed by atoms with Gasteiger partial charge in [0.25, 0.3) is 0 Å². The Labute approximate surface area is 194 Å². The maximum Gasteiger partial charge on any atom is 0.416 e. The molecule has 5 aromatic rings. The first-order valence-corrected chi connectivity index (χ1v) is 10.7. The molecule has 0 aliphatic rings. The predicted molar refractivity (Wildman–Crippen MR) is 126 cm³/mol.